The summed E-state index contributed by atoms with van der Waals surface area (Å²) in [6.07, 6.45) is -6.85. The molecular weight excluding hydrogens is 510 g/mol. The number of rotatable bonds is 11. The van der Waals surface area contributed by atoms with Crippen LogP contribution < -0.4 is 14.8 Å². The first-order valence-electron chi connectivity index (χ1n) is 11.5. The third kappa shape index (κ3) is 8.59. The van der Waals surface area contributed by atoms with E-state index in [1.165, 1.54) is 25.3 Å². The highest BCUT2D eigenvalue weighted by Crippen LogP contribution is 2.34. The summed E-state index contributed by atoms with van der Waals surface area (Å²) in [4.78, 5) is 59.5. The molecule has 14 nitrogen and oxygen atoms in total. The van der Waals surface area contributed by atoms with Crippen molar-refractivity contribution >= 4 is 29.8 Å². The Morgan fingerprint density at radius 3 is 2.03 bits per heavy atom. The summed E-state index contributed by atoms with van der Waals surface area (Å²) in [6.45, 7) is 3.86. The summed E-state index contributed by atoms with van der Waals surface area (Å²) in [5.41, 5.74) is 0.198. The molecule has 210 valence electrons. The Balaban J connectivity index is 2.48. The van der Waals surface area contributed by atoms with Crippen molar-refractivity contribution in [3.8, 4) is 11.5 Å². The van der Waals surface area contributed by atoms with Crippen LogP contribution in [0.2, 0.25) is 0 Å². The molecule has 2 N–H and O–H groups in total. The van der Waals surface area contributed by atoms with Gasteiger partial charge < -0.3 is 43.6 Å². The van der Waals surface area contributed by atoms with Crippen LogP contribution in [0.4, 0.5) is 0 Å². The topological polar surface area (TPSA) is 182 Å². The van der Waals surface area contributed by atoms with Gasteiger partial charge in [-0.3, -0.25) is 24.0 Å². The highest BCUT2D eigenvalue weighted by Gasteiger charge is 2.53. The van der Waals surface area contributed by atoms with Crippen LogP contribution in [0.1, 0.15) is 38.1 Å². The van der Waals surface area contributed by atoms with Crippen LogP contribution in [0.25, 0.3) is 0 Å². The zero-order valence-electron chi connectivity index (χ0n) is 21.6. The van der Waals surface area contributed by atoms with E-state index in [4.69, 9.17) is 38.3 Å². The van der Waals surface area contributed by atoms with Gasteiger partial charge in [-0.25, -0.2) is 0 Å². The molecule has 1 heterocycles. The Kier molecular flexibility index (Phi) is 11.3. The molecular formula is C24H31NO13. The quantitative estimate of drug-likeness (QED) is 0.280. The zero-order chi connectivity index (χ0) is 28.4. The van der Waals surface area contributed by atoms with Crippen molar-refractivity contribution in [1.29, 1.82) is 0 Å². The number of methoxy groups -OCH3 is 1. The average molecular weight is 542 g/mol. The van der Waals surface area contributed by atoms with Crippen LogP contribution in [-0.2, 0) is 42.9 Å². The fraction of sp³-hybridized carbons (Fsp3) is 0.542. The maximum atomic E-state index is 12.3. The third-order valence-electron chi connectivity index (χ3n) is 5.01. The fourth-order valence-electron chi connectivity index (χ4n) is 3.59. The second-order valence-corrected chi connectivity index (χ2v) is 8.03. The predicted molar refractivity (Wildman–Crippen MR) is 125 cm³/mol. The first kappa shape index (κ1) is 30.3. The number of aliphatic hydroxyl groups excluding tert-OH is 1. The van der Waals surface area contributed by atoms with Crippen LogP contribution in [0.15, 0.2) is 18.2 Å². The molecule has 0 unspecified atom stereocenters. The number of esters is 4. The second kappa shape index (κ2) is 14.1. The molecule has 14 heteroatoms. The van der Waals surface area contributed by atoms with Gasteiger partial charge >= 0.3 is 23.9 Å². The number of carbonyl (C=O) groups excluding carboxylic acids is 5. The molecule has 0 bridgehead atoms. The number of hydrogen-bond acceptors (Lipinski definition) is 13. The third-order valence-corrected chi connectivity index (χ3v) is 5.01. The highest BCUT2D eigenvalue weighted by atomic mass is 16.7. The monoisotopic (exact) mass is 541 g/mol. The molecule has 1 aromatic carbocycles. The summed E-state index contributed by atoms with van der Waals surface area (Å²) >= 11 is 0. The van der Waals surface area contributed by atoms with Gasteiger partial charge in [-0.1, -0.05) is 0 Å². The van der Waals surface area contributed by atoms with Crippen LogP contribution in [0, 0.1) is 0 Å². The van der Waals surface area contributed by atoms with Gasteiger partial charge in [-0.15, -0.1) is 0 Å². The van der Waals surface area contributed by atoms with Crippen molar-refractivity contribution in [1.82, 2.24) is 5.32 Å². The molecule has 38 heavy (non-hydrogen) atoms. The van der Waals surface area contributed by atoms with Crippen molar-refractivity contribution in [3.05, 3.63) is 23.8 Å². The summed E-state index contributed by atoms with van der Waals surface area (Å²) in [5.74, 6) is -3.33. The second-order valence-electron chi connectivity index (χ2n) is 8.03. The lowest BCUT2D eigenvalue weighted by molar-refractivity contribution is -0.288. The summed E-state index contributed by atoms with van der Waals surface area (Å²) in [5, 5.41) is 11.4. The van der Waals surface area contributed by atoms with Gasteiger partial charge in [0.05, 0.1) is 13.7 Å². The van der Waals surface area contributed by atoms with E-state index in [1.807, 2.05) is 0 Å². The van der Waals surface area contributed by atoms with Crippen LogP contribution in [-0.4, -0.2) is 92.5 Å². The molecule has 1 amide bonds. The number of ether oxygens (including phenoxy) is 7. The summed E-state index contributed by atoms with van der Waals surface area (Å²) in [6, 6.07) is 4.17. The first-order valence-corrected chi connectivity index (χ1v) is 11.5. The van der Waals surface area contributed by atoms with Gasteiger partial charge in [0.25, 0.3) is 5.91 Å². The molecule has 1 saturated heterocycles. The van der Waals surface area contributed by atoms with E-state index in [9.17, 15) is 24.0 Å². The molecule has 0 aliphatic carbocycles. The molecule has 1 aromatic rings. The first-order chi connectivity index (χ1) is 18.0. The van der Waals surface area contributed by atoms with Crippen LogP contribution >= 0.6 is 0 Å². The standard InChI is InChI=1S/C24H31NO13/c1-12(27)33-11-19-20(34-13(2)28)21(35-14(3)29)22(36-15(4)30)24(38-19)37-17-7-6-16(10-18(17)32-5)23(31)25-8-9-26/h6-7,10,19-22,24,26H,8-9,11H2,1-5H3,(H,25,31)/t19-,20-,21+,22+,24-/m1/s1. The van der Waals surface area contributed by atoms with Gasteiger partial charge in [0.15, 0.2) is 23.7 Å². The van der Waals surface area contributed by atoms with E-state index in [-0.39, 0.29) is 30.2 Å². The number of aliphatic hydroxyl groups is 1. The predicted octanol–water partition coefficient (Wildman–Crippen LogP) is -0.121. The van der Waals surface area contributed by atoms with Crippen molar-refractivity contribution in [2.24, 2.45) is 0 Å². The zero-order valence-corrected chi connectivity index (χ0v) is 21.6. The highest BCUT2D eigenvalue weighted by molar-refractivity contribution is 5.94. The van der Waals surface area contributed by atoms with Gasteiger partial charge in [0.2, 0.25) is 12.4 Å². The number of amides is 1. The average Bonchev–Trinajstić information content (AvgIpc) is 2.84. The summed E-state index contributed by atoms with van der Waals surface area (Å²) in [7, 11) is 1.32. The van der Waals surface area contributed by atoms with Gasteiger partial charge in [-0.05, 0) is 18.2 Å². The van der Waals surface area contributed by atoms with E-state index in [0.717, 1.165) is 27.7 Å². The Morgan fingerprint density at radius 1 is 0.868 bits per heavy atom. The number of nitrogens with one attached hydrogen (secondary N) is 1. The summed E-state index contributed by atoms with van der Waals surface area (Å²) < 4.78 is 38.2. The smallest absolute Gasteiger partial charge is 0.303 e. The van der Waals surface area contributed by atoms with E-state index >= 15 is 0 Å². The van der Waals surface area contributed by atoms with Gasteiger partial charge in [-0.2, -0.15) is 0 Å². The normalized spacial score (nSPS) is 22.4. The molecule has 5 atom stereocenters. The lowest BCUT2D eigenvalue weighted by Gasteiger charge is -2.44. The lowest BCUT2D eigenvalue weighted by Crippen LogP contribution is -2.63. The van der Waals surface area contributed by atoms with Crippen molar-refractivity contribution in [2.45, 2.75) is 58.4 Å². The maximum absolute atomic E-state index is 12.3. The molecule has 0 spiro atoms. The van der Waals surface area contributed by atoms with Gasteiger partial charge in [0.1, 0.15) is 12.7 Å². The minimum absolute atomic E-state index is 0.0458. The van der Waals surface area contributed by atoms with E-state index in [2.05, 4.69) is 5.32 Å². The number of benzene rings is 1. The Hall–Kier alpha value is -3.91. The van der Waals surface area contributed by atoms with Gasteiger partial charge in [0, 0.05) is 39.8 Å². The SMILES string of the molecule is COc1cc(C(=O)NCCO)ccc1O[C@@H]1O[C@H](COC(C)=O)[C@@H](OC(C)=O)[C@H](OC(C)=O)[C@@H]1OC(C)=O. The largest absolute Gasteiger partial charge is 0.493 e. The van der Waals surface area contributed by atoms with E-state index in [0.29, 0.717) is 0 Å². The molecule has 0 saturated carbocycles. The molecule has 1 aliphatic heterocycles. The fourth-order valence-corrected chi connectivity index (χ4v) is 3.59. The molecule has 1 aliphatic rings. The number of hydrogen-bond donors (Lipinski definition) is 2. The molecule has 2 rings (SSSR count). The number of carbonyl (C=O) groups is 5. The van der Waals surface area contributed by atoms with E-state index < -0.39 is 67.1 Å². The van der Waals surface area contributed by atoms with E-state index in [1.54, 1.807) is 0 Å². The minimum Gasteiger partial charge on any atom is -0.493 e. The molecule has 0 radical (unpaired) electrons. The van der Waals surface area contributed by atoms with Crippen molar-refractivity contribution < 1.29 is 62.2 Å². The van der Waals surface area contributed by atoms with Crippen molar-refractivity contribution in [3.63, 3.8) is 0 Å². The Morgan fingerprint density at radius 2 is 1.47 bits per heavy atom. The Bertz CT molecular complexity index is 1030. The van der Waals surface area contributed by atoms with Crippen LogP contribution in [0.3, 0.4) is 0 Å². The van der Waals surface area contributed by atoms with Crippen molar-refractivity contribution in [2.75, 3.05) is 26.9 Å². The maximum Gasteiger partial charge on any atom is 0.303 e. The van der Waals surface area contributed by atoms with Crippen LogP contribution in [0.5, 0.6) is 11.5 Å². The molecule has 0 aromatic heterocycles. The molecule has 1 fully saturated rings. The Labute approximate surface area is 218 Å². The minimum atomic E-state index is -1.47. The lowest BCUT2D eigenvalue weighted by atomic mass is 9.98.